The zero-order chi connectivity index (χ0) is 13.8. The van der Waals surface area contributed by atoms with Gasteiger partial charge in [0, 0.05) is 6.54 Å². The maximum atomic E-state index is 12.2. The first-order chi connectivity index (χ1) is 9.09. The van der Waals surface area contributed by atoms with E-state index in [4.69, 9.17) is 0 Å². The topological polar surface area (TPSA) is 49.3 Å². The summed E-state index contributed by atoms with van der Waals surface area (Å²) >= 11 is 1.68. The molecule has 0 bridgehead atoms. The van der Waals surface area contributed by atoms with Crippen molar-refractivity contribution in [2.45, 2.75) is 31.6 Å². The quantitative estimate of drug-likeness (QED) is 0.888. The van der Waals surface area contributed by atoms with Gasteiger partial charge in [-0.3, -0.25) is 4.79 Å². The SMILES string of the molecule is CC(C)C(O)CNC(=O)C1SCCc2ccccc21. The highest BCUT2D eigenvalue weighted by molar-refractivity contribution is 8.00. The number of carbonyl (C=O) groups excluding carboxylic acids is 1. The number of hydrogen-bond acceptors (Lipinski definition) is 3. The Kier molecular flexibility index (Phi) is 4.88. The fraction of sp³-hybridized carbons (Fsp3) is 0.533. The summed E-state index contributed by atoms with van der Waals surface area (Å²) in [6.45, 7) is 4.22. The van der Waals surface area contributed by atoms with Gasteiger partial charge in [0.05, 0.1) is 6.10 Å². The molecule has 1 amide bonds. The minimum absolute atomic E-state index is 0.0110. The Labute approximate surface area is 118 Å². The average Bonchev–Trinajstić information content (AvgIpc) is 2.43. The lowest BCUT2D eigenvalue weighted by Gasteiger charge is -2.25. The Morgan fingerprint density at radius 2 is 2.21 bits per heavy atom. The van der Waals surface area contributed by atoms with Gasteiger partial charge in [-0.1, -0.05) is 38.1 Å². The molecule has 0 fully saturated rings. The molecule has 2 unspecified atom stereocenters. The number of aliphatic hydroxyl groups is 1. The van der Waals surface area contributed by atoms with Crippen molar-refractivity contribution in [3.63, 3.8) is 0 Å². The van der Waals surface area contributed by atoms with Gasteiger partial charge in [-0.25, -0.2) is 0 Å². The molecule has 0 saturated carbocycles. The molecule has 4 heteroatoms. The number of nitrogens with one attached hydrogen (secondary N) is 1. The minimum Gasteiger partial charge on any atom is -0.391 e. The van der Waals surface area contributed by atoms with Crippen LogP contribution in [0.1, 0.15) is 30.2 Å². The van der Waals surface area contributed by atoms with Gasteiger partial charge in [0.1, 0.15) is 5.25 Å². The van der Waals surface area contributed by atoms with Crippen molar-refractivity contribution in [2.24, 2.45) is 5.92 Å². The molecule has 2 atom stereocenters. The predicted molar refractivity (Wildman–Crippen MR) is 79.2 cm³/mol. The largest absolute Gasteiger partial charge is 0.391 e. The summed E-state index contributed by atoms with van der Waals surface area (Å²) in [6.07, 6.45) is 0.548. The highest BCUT2D eigenvalue weighted by Crippen LogP contribution is 2.36. The van der Waals surface area contributed by atoms with Crippen molar-refractivity contribution in [3.8, 4) is 0 Å². The second-order valence-electron chi connectivity index (χ2n) is 5.26. The molecule has 1 aliphatic rings. The van der Waals surface area contributed by atoms with E-state index in [1.165, 1.54) is 5.56 Å². The molecule has 2 N–H and O–H groups in total. The van der Waals surface area contributed by atoms with Crippen LogP contribution in [-0.4, -0.2) is 29.4 Å². The van der Waals surface area contributed by atoms with Crippen LogP contribution in [-0.2, 0) is 11.2 Å². The van der Waals surface area contributed by atoms with Gasteiger partial charge in [-0.15, -0.1) is 11.8 Å². The van der Waals surface area contributed by atoms with Crippen molar-refractivity contribution >= 4 is 17.7 Å². The Hall–Kier alpha value is -1.00. The molecule has 3 nitrogen and oxygen atoms in total. The molecular formula is C15H21NO2S. The molecule has 0 aromatic heterocycles. The second kappa shape index (κ2) is 6.44. The van der Waals surface area contributed by atoms with Crippen molar-refractivity contribution in [3.05, 3.63) is 35.4 Å². The third-order valence-corrected chi connectivity index (χ3v) is 4.73. The number of rotatable bonds is 4. The minimum atomic E-state index is -0.479. The molecule has 0 spiro atoms. The van der Waals surface area contributed by atoms with E-state index < -0.39 is 6.10 Å². The number of thioether (sulfide) groups is 1. The van der Waals surface area contributed by atoms with Gasteiger partial charge >= 0.3 is 0 Å². The van der Waals surface area contributed by atoms with Gasteiger partial charge in [-0.05, 0) is 29.2 Å². The zero-order valence-electron chi connectivity index (χ0n) is 11.4. The normalized spacial score (nSPS) is 19.9. The number of hydrogen-bond donors (Lipinski definition) is 2. The first kappa shape index (κ1) is 14.4. The predicted octanol–water partition coefficient (Wildman–Crippen LogP) is 2.15. The van der Waals surface area contributed by atoms with Crippen LogP contribution in [0.5, 0.6) is 0 Å². The number of carbonyl (C=O) groups is 1. The molecule has 1 heterocycles. The Bertz CT molecular complexity index is 448. The number of amides is 1. The summed E-state index contributed by atoms with van der Waals surface area (Å²) in [4.78, 5) is 12.2. The second-order valence-corrected chi connectivity index (χ2v) is 6.47. The van der Waals surface area contributed by atoms with E-state index in [-0.39, 0.29) is 17.1 Å². The average molecular weight is 279 g/mol. The van der Waals surface area contributed by atoms with E-state index >= 15 is 0 Å². The molecule has 0 saturated heterocycles. The summed E-state index contributed by atoms with van der Waals surface area (Å²) < 4.78 is 0. The van der Waals surface area contributed by atoms with Crippen LogP contribution in [0, 0.1) is 5.92 Å². The highest BCUT2D eigenvalue weighted by atomic mass is 32.2. The molecule has 104 valence electrons. The lowest BCUT2D eigenvalue weighted by Crippen LogP contribution is -2.37. The monoisotopic (exact) mass is 279 g/mol. The smallest absolute Gasteiger partial charge is 0.237 e. The number of benzene rings is 1. The molecule has 2 rings (SSSR count). The molecule has 0 radical (unpaired) electrons. The van der Waals surface area contributed by atoms with E-state index in [1.54, 1.807) is 11.8 Å². The van der Waals surface area contributed by atoms with Gasteiger partial charge in [-0.2, -0.15) is 0 Å². The van der Waals surface area contributed by atoms with Gasteiger partial charge in [0.2, 0.25) is 5.91 Å². The van der Waals surface area contributed by atoms with Crippen LogP contribution >= 0.6 is 11.8 Å². The summed E-state index contributed by atoms with van der Waals surface area (Å²) in [6, 6.07) is 8.13. The van der Waals surface area contributed by atoms with Crippen molar-refractivity contribution in [1.82, 2.24) is 5.32 Å². The summed E-state index contributed by atoms with van der Waals surface area (Å²) in [5, 5.41) is 12.5. The van der Waals surface area contributed by atoms with Crippen molar-refractivity contribution in [2.75, 3.05) is 12.3 Å². The van der Waals surface area contributed by atoms with E-state index in [2.05, 4.69) is 11.4 Å². The molecule has 1 aliphatic heterocycles. The van der Waals surface area contributed by atoms with Crippen molar-refractivity contribution in [1.29, 1.82) is 0 Å². The van der Waals surface area contributed by atoms with Crippen molar-refractivity contribution < 1.29 is 9.90 Å². The van der Waals surface area contributed by atoms with Gasteiger partial charge < -0.3 is 10.4 Å². The first-order valence-corrected chi connectivity index (χ1v) is 7.79. The van der Waals surface area contributed by atoms with Crippen LogP contribution in [0.25, 0.3) is 0 Å². The standard InChI is InChI=1S/C15H21NO2S/c1-10(2)13(17)9-16-15(18)14-12-6-4-3-5-11(12)7-8-19-14/h3-6,10,13-14,17H,7-9H2,1-2H3,(H,16,18). The van der Waals surface area contributed by atoms with Gasteiger partial charge in [0.15, 0.2) is 0 Å². The van der Waals surface area contributed by atoms with Crippen LogP contribution in [0.15, 0.2) is 24.3 Å². The maximum Gasteiger partial charge on any atom is 0.237 e. The summed E-state index contributed by atoms with van der Waals surface area (Å²) in [5.41, 5.74) is 2.39. The summed E-state index contributed by atoms with van der Waals surface area (Å²) in [5.74, 6) is 1.14. The molecule has 19 heavy (non-hydrogen) atoms. The maximum absolute atomic E-state index is 12.2. The lowest BCUT2D eigenvalue weighted by atomic mass is 10.0. The van der Waals surface area contributed by atoms with E-state index in [9.17, 15) is 9.90 Å². The Morgan fingerprint density at radius 1 is 1.47 bits per heavy atom. The van der Waals surface area contributed by atoms with Crippen LogP contribution < -0.4 is 5.32 Å². The van der Waals surface area contributed by atoms with Crippen LogP contribution in [0.2, 0.25) is 0 Å². The third kappa shape index (κ3) is 3.51. The summed E-state index contributed by atoms with van der Waals surface area (Å²) in [7, 11) is 0. The van der Waals surface area contributed by atoms with Crippen LogP contribution in [0.3, 0.4) is 0 Å². The fourth-order valence-electron chi connectivity index (χ4n) is 2.14. The lowest BCUT2D eigenvalue weighted by molar-refractivity contribution is -0.121. The van der Waals surface area contributed by atoms with Crippen LogP contribution in [0.4, 0.5) is 0 Å². The fourth-order valence-corrected chi connectivity index (χ4v) is 3.36. The molecule has 1 aromatic carbocycles. The number of fused-ring (bicyclic) bond motifs is 1. The first-order valence-electron chi connectivity index (χ1n) is 6.74. The molecule has 1 aromatic rings. The van der Waals surface area contributed by atoms with E-state index in [0.717, 1.165) is 17.7 Å². The van der Waals surface area contributed by atoms with E-state index in [0.29, 0.717) is 6.54 Å². The molecule has 0 aliphatic carbocycles. The van der Waals surface area contributed by atoms with Gasteiger partial charge in [0.25, 0.3) is 0 Å². The number of aryl methyl sites for hydroxylation is 1. The number of aliphatic hydroxyl groups excluding tert-OH is 1. The third-order valence-electron chi connectivity index (χ3n) is 3.49. The zero-order valence-corrected chi connectivity index (χ0v) is 12.2. The Morgan fingerprint density at radius 3 is 2.95 bits per heavy atom. The van der Waals surface area contributed by atoms with E-state index in [1.807, 2.05) is 32.0 Å². The molecular weight excluding hydrogens is 258 g/mol. The highest BCUT2D eigenvalue weighted by Gasteiger charge is 2.27. The Balaban J connectivity index is 2.01.